The normalized spacial score (nSPS) is 18.1. The number of nitrogens with one attached hydrogen (secondary N) is 1. The first-order valence-electron chi connectivity index (χ1n) is 6.61. The highest BCUT2D eigenvalue weighted by Crippen LogP contribution is 2.27. The molecule has 3 rings (SSSR count). The Hall–Kier alpha value is -2.30. The summed E-state index contributed by atoms with van der Waals surface area (Å²) in [5, 5.41) is 4.84. The van der Waals surface area contributed by atoms with E-state index in [1.54, 1.807) is 13.3 Å². The predicted octanol–water partition coefficient (Wildman–Crippen LogP) is 1.90. The first kappa shape index (κ1) is 12.7. The van der Waals surface area contributed by atoms with Crippen molar-refractivity contribution in [2.75, 3.05) is 13.7 Å². The minimum atomic E-state index is 0.0742. The standard InChI is InChI=1S/C15H16N2O3/c1-19-12-4-2-10-6-7-16-15(13(10)8-12)20-9-11-3-5-14(18)17-11/h2,4,6-8,11H,3,5,9H2,1H3,(H,17,18). The highest BCUT2D eigenvalue weighted by molar-refractivity contribution is 5.88. The highest BCUT2D eigenvalue weighted by Gasteiger charge is 2.21. The first-order valence-corrected chi connectivity index (χ1v) is 6.61. The maximum Gasteiger partial charge on any atom is 0.221 e. The lowest BCUT2D eigenvalue weighted by molar-refractivity contribution is -0.119. The number of fused-ring (bicyclic) bond motifs is 1. The van der Waals surface area contributed by atoms with Gasteiger partial charge in [0.05, 0.1) is 13.2 Å². The molecule has 0 aliphatic carbocycles. The van der Waals surface area contributed by atoms with Crippen LogP contribution in [-0.2, 0) is 4.79 Å². The van der Waals surface area contributed by atoms with Crippen molar-refractivity contribution in [3.8, 4) is 11.6 Å². The molecule has 2 aromatic rings. The van der Waals surface area contributed by atoms with Crippen LogP contribution in [0, 0.1) is 0 Å². The third kappa shape index (κ3) is 2.52. The summed E-state index contributed by atoms with van der Waals surface area (Å²) >= 11 is 0. The molecule has 1 aromatic heterocycles. The first-order chi connectivity index (χ1) is 9.76. The Morgan fingerprint density at radius 1 is 1.40 bits per heavy atom. The topological polar surface area (TPSA) is 60.5 Å². The van der Waals surface area contributed by atoms with E-state index in [-0.39, 0.29) is 11.9 Å². The number of hydrogen-bond donors (Lipinski definition) is 1. The van der Waals surface area contributed by atoms with Crippen LogP contribution in [0.3, 0.4) is 0 Å². The van der Waals surface area contributed by atoms with Gasteiger partial charge in [0, 0.05) is 18.0 Å². The Balaban J connectivity index is 1.81. The zero-order valence-electron chi connectivity index (χ0n) is 11.3. The number of carbonyl (C=O) groups is 1. The van der Waals surface area contributed by atoms with Gasteiger partial charge in [-0.1, -0.05) is 6.07 Å². The van der Waals surface area contributed by atoms with Crippen molar-refractivity contribution in [1.29, 1.82) is 0 Å². The summed E-state index contributed by atoms with van der Waals surface area (Å²) in [6.07, 6.45) is 3.11. The molecule has 5 nitrogen and oxygen atoms in total. The molecule has 1 aromatic carbocycles. The molecule has 1 atom stereocenters. The summed E-state index contributed by atoms with van der Waals surface area (Å²) in [7, 11) is 1.63. The van der Waals surface area contributed by atoms with E-state index in [1.807, 2.05) is 24.3 Å². The number of nitrogens with zero attached hydrogens (tertiary/aromatic N) is 1. The molecule has 2 heterocycles. The Kier molecular flexibility index (Phi) is 3.41. The summed E-state index contributed by atoms with van der Waals surface area (Å²) in [6.45, 7) is 0.440. The largest absolute Gasteiger partial charge is 0.497 e. The zero-order valence-corrected chi connectivity index (χ0v) is 11.3. The van der Waals surface area contributed by atoms with Gasteiger partial charge in [0.2, 0.25) is 11.8 Å². The molecule has 1 aliphatic rings. The molecule has 0 spiro atoms. The maximum absolute atomic E-state index is 11.2. The van der Waals surface area contributed by atoms with Crippen LogP contribution < -0.4 is 14.8 Å². The van der Waals surface area contributed by atoms with Gasteiger partial charge in [0.25, 0.3) is 0 Å². The van der Waals surface area contributed by atoms with E-state index in [1.165, 1.54) is 0 Å². The van der Waals surface area contributed by atoms with Gasteiger partial charge in [-0.05, 0) is 30.0 Å². The van der Waals surface area contributed by atoms with Crippen molar-refractivity contribution < 1.29 is 14.3 Å². The molecule has 1 saturated heterocycles. The number of methoxy groups -OCH3 is 1. The van der Waals surface area contributed by atoms with Gasteiger partial charge in [-0.3, -0.25) is 4.79 Å². The number of aromatic nitrogens is 1. The second-order valence-corrected chi connectivity index (χ2v) is 4.82. The fourth-order valence-electron chi connectivity index (χ4n) is 2.34. The average Bonchev–Trinajstić information content (AvgIpc) is 2.90. The number of hydrogen-bond acceptors (Lipinski definition) is 4. The van der Waals surface area contributed by atoms with Gasteiger partial charge in [0.15, 0.2) is 0 Å². The van der Waals surface area contributed by atoms with Gasteiger partial charge in [-0.2, -0.15) is 0 Å². The van der Waals surface area contributed by atoms with Crippen molar-refractivity contribution >= 4 is 16.7 Å². The molecule has 0 radical (unpaired) electrons. The summed E-state index contributed by atoms with van der Waals surface area (Å²) in [5.41, 5.74) is 0. The number of rotatable bonds is 4. The second-order valence-electron chi connectivity index (χ2n) is 4.82. The van der Waals surface area contributed by atoms with Crippen LogP contribution in [0.4, 0.5) is 0 Å². The molecule has 1 aliphatic heterocycles. The predicted molar refractivity (Wildman–Crippen MR) is 75.0 cm³/mol. The number of carbonyl (C=O) groups excluding carboxylic acids is 1. The van der Waals surface area contributed by atoms with Gasteiger partial charge in [-0.25, -0.2) is 4.98 Å². The lowest BCUT2D eigenvalue weighted by Crippen LogP contribution is -2.31. The summed E-state index contributed by atoms with van der Waals surface area (Å²) in [5.74, 6) is 1.43. The fraction of sp³-hybridized carbons (Fsp3) is 0.333. The lowest BCUT2D eigenvalue weighted by atomic mass is 10.1. The molecular weight excluding hydrogens is 256 g/mol. The van der Waals surface area contributed by atoms with Crippen molar-refractivity contribution in [2.45, 2.75) is 18.9 Å². The molecule has 1 amide bonds. The van der Waals surface area contributed by atoms with Crippen LogP contribution in [0.2, 0.25) is 0 Å². The quantitative estimate of drug-likeness (QED) is 0.923. The molecule has 1 fully saturated rings. The summed E-state index contributed by atoms with van der Waals surface area (Å²) in [4.78, 5) is 15.4. The zero-order chi connectivity index (χ0) is 13.9. The van der Waals surface area contributed by atoms with Crippen LogP contribution in [0.25, 0.3) is 10.8 Å². The summed E-state index contributed by atoms with van der Waals surface area (Å²) in [6, 6.07) is 7.79. The van der Waals surface area contributed by atoms with Crippen molar-refractivity contribution in [1.82, 2.24) is 10.3 Å². The van der Waals surface area contributed by atoms with E-state index in [0.717, 1.165) is 22.9 Å². The minimum absolute atomic E-state index is 0.0742. The van der Waals surface area contributed by atoms with E-state index in [4.69, 9.17) is 9.47 Å². The molecule has 5 heteroatoms. The number of ether oxygens (including phenoxy) is 2. The van der Waals surface area contributed by atoms with Crippen LogP contribution in [0.15, 0.2) is 30.5 Å². The van der Waals surface area contributed by atoms with Crippen LogP contribution in [-0.4, -0.2) is 30.6 Å². The highest BCUT2D eigenvalue weighted by atomic mass is 16.5. The molecule has 20 heavy (non-hydrogen) atoms. The molecule has 104 valence electrons. The molecule has 0 bridgehead atoms. The molecule has 0 saturated carbocycles. The Morgan fingerprint density at radius 3 is 3.05 bits per heavy atom. The van der Waals surface area contributed by atoms with Crippen molar-refractivity contribution in [2.24, 2.45) is 0 Å². The van der Waals surface area contributed by atoms with Crippen molar-refractivity contribution in [3.63, 3.8) is 0 Å². The average molecular weight is 272 g/mol. The van der Waals surface area contributed by atoms with Crippen LogP contribution in [0.1, 0.15) is 12.8 Å². The van der Waals surface area contributed by atoms with Crippen LogP contribution in [0.5, 0.6) is 11.6 Å². The van der Waals surface area contributed by atoms with E-state index in [9.17, 15) is 4.79 Å². The molecular formula is C15H16N2O3. The number of benzene rings is 1. The fourth-order valence-corrected chi connectivity index (χ4v) is 2.34. The molecule has 1 N–H and O–H groups in total. The third-order valence-electron chi connectivity index (χ3n) is 3.44. The van der Waals surface area contributed by atoms with Crippen molar-refractivity contribution in [3.05, 3.63) is 30.5 Å². The second kappa shape index (κ2) is 5.36. The van der Waals surface area contributed by atoms with Gasteiger partial charge in [-0.15, -0.1) is 0 Å². The van der Waals surface area contributed by atoms with E-state index in [0.29, 0.717) is 18.9 Å². The lowest BCUT2D eigenvalue weighted by Gasteiger charge is -2.13. The van der Waals surface area contributed by atoms with Gasteiger partial charge in [0.1, 0.15) is 12.4 Å². The number of pyridine rings is 1. The number of amides is 1. The summed E-state index contributed by atoms with van der Waals surface area (Å²) < 4.78 is 11.0. The minimum Gasteiger partial charge on any atom is -0.497 e. The van der Waals surface area contributed by atoms with E-state index >= 15 is 0 Å². The third-order valence-corrected chi connectivity index (χ3v) is 3.44. The van der Waals surface area contributed by atoms with Crippen LogP contribution >= 0.6 is 0 Å². The van der Waals surface area contributed by atoms with Gasteiger partial charge < -0.3 is 14.8 Å². The molecule has 1 unspecified atom stereocenters. The Morgan fingerprint density at radius 2 is 2.30 bits per heavy atom. The monoisotopic (exact) mass is 272 g/mol. The van der Waals surface area contributed by atoms with Gasteiger partial charge >= 0.3 is 0 Å². The SMILES string of the molecule is COc1ccc2ccnc(OCC3CCC(=O)N3)c2c1. The maximum atomic E-state index is 11.2. The smallest absolute Gasteiger partial charge is 0.221 e. The Labute approximate surface area is 116 Å². The van der Waals surface area contributed by atoms with E-state index in [2.05, 4.69) is 10.3 Å². The van der Waals surface area contributed by atoms with E-state index < -0.39 is 0 Å². The Bertz CT molecular complexity index is 642.